The first-order valence-corrected chi connectivity index (χ1v) is 8.51. The molecule has 2 aromatic carbocycles. The summed E-state index contributed by atoms with van der Waals surface area (Å²) in [7, 11) is 0. The summed E-state index contributed by atoms with van der Waals surface area (Å²) in [5.74, 6) is 0.579. The van der Waals surface area contributed by atoms with Crippen LogP contribution in [0, 0.1) is 0 Å². The van der Waals surface area contributed by atoms with E-state index < -0.39 is 0 Å². The van der Waals surface area contributed by atoms with Gasteiger partial charge in [-0.3, -0.25) is 0 Å². The van der Waals surface area contributed by atoms with Gasteiger partial charge in [0.05, 0.1) is 23.7 Å². The predicted molar refractivity (Wildman–Crippen MR) is 98.6 cm³/mol. The van der Waals surface area contributed by atoms with Gasteiger partial charge in [-0.25, -0.2) is 9.97 Å². The Labute approximate surface area is 150 Å². The molecule has 0 spiro atoms. The van der Waals surface area contributed by atoms with E-state index in [1.54, 1.807) is 12.4 Å². The van der Waals surface area contributed by atoms with Crippen molar-refractivity contribution in [1.82, 2.24) is 9.97 Å². The monoisotopic (exact) mass is 383 g/mol. The maximum absolute atomic E-state index is 5.90. The van der Waals surface area contributed by atoms with Crippen molar-refractivity contribution in [3.05, 3.63) is 88.7 Å². The third kappa shape index (κ3) is 4.88. The third-order valence-electron chi connectivity index (χ3n) is 3.52. The molecule has 1 atom stereocenters. The van der Waals surface area contributed by atoms with Crippen LogP contribution in [-0.4, -0.2) is 16.6 Å². The first-order chi connectivity index (χ1) is 11.8. The summed E-state index contributed by atoms with van der Waals surface area (Å²) in [5, 5.41) is 3.34. The minimum Gasteiger partial charge on any atom is -0.374 e. The second-order valence-electron chi connectivity index (χ2n) is 5.33. The highest BCUT2D eigenvalue weighted by atomic mass is 79.9. The van der Waals surface area contributed by atoms with Gasteiger partial charge in [-0.2, -0.15) is 0 Å². The van der Waals surface area contributed by atoms with Crippen LogP contribution in [0.5, 0.6) is 0 Å². The molecule has 0 fully saturated rings. The standard InChI is InChI=1S/C19H18BrN3O/c20-17-11-21-19(22-12-17)23-18(16-9-5-2-6-10-16)14-24-13-15-7-3-1-4-8-15/h1-12,18H,13-14H2,(H,21,22,23). The summed E-state index contributed by atoms with van der Waals surface area (Å²) in [6.07, 6.45) is 3.45. The van der Waals surface area contributed by atoms with Gasteiger partial charge >= 0.3 is 0 Å². The molecule has 0 aliphatic rings. The van der Waals surface area contributed by atoms with E-state index in [1.165, 1.54) is 0 Å². The number of ether oxygens (including phenoxy) is 1. The molecule has 0 bridgehead atoms. The minimum atomic E-state index is -0.0175. The zero-order valence-corrected chi connectivity index (χ0v) is 14.7. The average molecular weight is 384 g/mol. The molecular formula is C19H18BrN3O. The highest BCUT2D eigenvalue weighted by molar-refractivity contribution is 9.10. The summed E-state index contributed by atoms with van der Waals surface area (Å²) in [5.41, 5.74) is 2.29. The van der Waals surface area contributed by atoms with Gasteiger partial charge in [-0.05, 0) is 27.1 Å². The zero-order valence-electron chi connectivity index (χ0n) is 13.1. The lowest BCUT2D eigenvalue weighted by molar-refractivity contribution is 0.112. The topological polar surface area (TPSA) is 47.0 Å². The lowest BCUT2D eigenvalue weighted by Gasteiger charge is -2.19. The molecule has 0 saturated carbocycles. The number of nitrogens with zero attached hydrogens (tertiary/aromatic N) is 2. The van der Waals surface area contributed by atoms with Crippen molar-refractivity contribution in [2.45, 2.75) is 12.6 Å². The van der Waals surface area contributed by atoms with Gasteiger partial charge in [0, 0.05) is 12.4 Å². The van der Waals surface area contributed by atoms with Gasteiger partial charge in [0.15, 0.2) is 0 Å². The fourth-order valence-electron chi connectivity index (χ4n) is 2.32. The number of benzene rings is 2. The van der Waals surface area contributed by atoms with Crippen molar-refractivity contribution < 1.29 is 4.74 Å². The Hall–Kier alpha value is -2.24. The smallest absolute Gasteiger partial charge is 0.223 e. The van der Waals surface area contributed by atoms with Crippen molar-refractivity contribution in [1.29, 1.82) is 0 Å². The highest BCUT2D eigenvalue weighted by Crippen LogP contribution is 2.19. The maximum atomic E-state index is 5.90. The van der Waals surface area contributed by atoms with Crippen molar-refractivity contribution in [2.24, 2.45) is 0 Å². The molecule has 122 valence electrons. The molecule has 0 aliphatic carbocycles. The van der Waals surface area contributed by atoms with Gasteiger partial charge in [-0.1, -0.05) is 60.7 Å². The number of anilines is 1. The van der Waals surface area contributed by atoms with E-state index in [0.717, 1.165) is 15.6 Å². The fraction of sp³-hybridized carbons (Fsp3) is 0.158. The van der Waals surface area contributed by atoms with Crippen LogP contribution in [0.3, 0.4) is 0 Å². The van der Waals surface area contributed by atoms with E-state index in [-0.39, 0.29) is 6.04 Å². The van der Waals surface area contributed by atoms with Crippen LogP contribution in [0.2, 0.25) is 0 Å². The number of halogens is 1. The molecule has 0 aliphatic heterocycles. The summed E-state index contributed by atoms with van der Waals surface area (Å²) < 4.78 is 6.76. The SMILES string of the molecule is Brc1cnc(NC(COCc2ccccc2)c2ccccc2)nc1. The highest BCUT2D eigenvalue weighted by Gasteiger charge is 2.13. The van der Waals surface area contributed by atoms with Crippen LogP contribution in [-0.2, 0) is 11.3 Å². The molecule has 4 nitrogen and oxygen atoms in total. The van der Waals surface area contributed by atoms with Crippen LogP contribution < -0.4 is 5.32 Å². The van der Waals surface area contributed by atoms with Crippen LogP contribution in [0.15, 0.2) is 77.5 Å². The lowest BCUT2D eigenvalue weighted by Crippen LogP contribution is -2.18. The van der Waals surface area contributed by atoms with Crippen molar-refractivity contribution >= 4 is 21.9 Å². The Kier molecular flexibility index (Phi) is 5.93. The van der Waals surface area contributed by atoms with E-state index in [4.69, 9.17) is 4.74 Å². The lowest BCUT2D eigenvalue weighted by atomic mass is 10.1. The summed E-state index contributed by atoms with van der Waals surface area (Å²) in [6.45, 7) is 1.10. The van der Waals surface area contributed by atoms with Crippen molar-refractivity contribution in [3.8, 4) is 0 Å². The van der Waals surface area contributed by atoms with E-state index in [0.29, 0.717) is 19.2 Å². The number of rotatable bonds is 7. The molecular weight excluding hydrogens is 366 g/mol. The quantitative estimate of drug-likeness (QED) is 0.646. The largest absolute Gasteiger partial charge is 0.374 e. The maximum Gasteiger partial charge on any atom is 0.223 e. The van der Waals surface area contributed by atoms with Crippen molar-refractivity contribution in [2.75, 3.05) is 11.9 Å². The number of nitrogens with one attached hydrogen (secondary N) is 1. The van der Waals surface area contributed by atoms with Crippen LogP contribution in [0.4, 0.5) is 5.95 Å². The number of hydrogen-bond acceptors (Lipinski definition) is 4. The average Bonchev–Trinajstić information content (AvgIpc) is 2.64. The Balaban J connectivity index is 1.67. The van der Waals surface area contributed by atoms with E-state index >= 15 is 0 Å². The zero-order chi connectivity index (χ0) is 16.6. The van der Waals surface area contributed by atoms with Crippen LogP contribution in [0.1, 0.15) is 17.2 Å². The summed E-state index contributed by atoms with van der Waals surface area (Å²) >= 11 is 3.35. The predicted octanol–water partition coefficient (Wildman–Crippen LogP) is 4.61. The number of hydrogen-bond donors (Lipinski definition) is 1. The molecule has 1 heterocycles. The first kappa shape index (κ1) is 16.6. The summed E-state index contributed by atoms with van der Waals surface area (Å²) in [4.78, 5) is 8.57. The van der Waals surface area contributed by atoms with E-state index in [9.17, 15) is 0 Å². The third-order valence-corrected chi connectivity index (χ3v) is 3.93. The van der Waals surface area contributed by atoms with E-state index in [2.05, 4.69) is 55.5 Å². The van der Waals surface area contributed by atoms with Crippen LogP contribution in [0.25, 0.3) is 0 Å². The molecule has 24 heavy (non-hydrogen) atoms. The van der Waals surface area contributed by atoms with Gasteiger partial charge < -0.3 is 10.1 Å². The van der Waals surface area contributed by atoms with Crippen molar-refractivity contribution in [3.63, 3.8) is 0 Å². The normalized spacial score (nSPS) is 11.9. The van der Waals surface area contributed by atoms with Gasteiger partial charge in [0.1, 0.15) is 0 Å². The Bertz CT molecular complexity index is 736. The van der Waals surface area contributed by atoms with E-state index in [1.807, 2.05) is 36.4 Å². The molecule has 1 N–H and O–H groups in total. The Morgan fingerprint density at radius 1 is 0.917 bits per heavy atom. The molecule has 1 aromatic heterocycles. The Morgan fingerprint density at radius 2 is 1.54 bits per heavy atom. The second-order valence-corrected chi connectivity index (χ2v) is 6.25. The second kappa shape index (κ2) is 8.57. The molecule has 0 radical (unpaired) electrons. The van der Waals surface area contributed by atoms with Gasteiger partial charge in [0.25, 0.3) is 0 Å². The molecule has 5 heteroatoms. The van der Waals surface area contributed by atoms with Gasteiger partial charge in [-0.15, -0.1) is 0 Å². The molecule has 1 unspecified atom stereocenters. The number of aromatic nitrogens is 2. The Morgan fingerprint density at radius 3 is 2.21 bits per heavy atom. The van der Waals surface area contributed by atoms with Crippen LogP contribution >= 0.6 is 15.9 Å². The molecule has 0 saturated heterocycles. The first-order valence-electron chi connectivity index (χ1n) is 7.72. The molecule has 3 aromatic rings. The molecule has 0 amide bonds. The molecule has 3 rings (SSSR count). The minimum absolute atomic E-state index is 0.0175. The fourth-order valence-corrected chi connectivity index (χ4v) is 2.52. The van der Waals surface area contributed by atoms with Gasteiger partial charge in [0.2, 0.25) is 5.95 Å². The summed E-state index contributed by atoms with van der Waals surface area (Å²) in [6, 6.07) is 20.3.